The molecule has 0 spiro atoms. The highest BCUT2D eigenvalue weighted by Gasteiger charge is 2.04. The minimum absolute atomic E-state index is 0.862. The third-order valence-electron chi connectivity index (χ3n) is 2.11. The van der Waals surface area contributed by atoms with Crippen molar-refractivity contribution in [2.45, 2.75) is 13.3 Å². The van der Waals surface area contributed by atoms with Crippen LogP contribution in [0.1, 0.15) is 12.6 Å². The van der Waals surface area contributed by atoms with Gasteiger partial charge in [0.25, 0.3) is 0 Å². The van der Waals surface area contributed by atoms with Crippen LogP contribution < -0.4 is 0 Å². The molecule has 14 heavy (non-hydrogen) atoms. The van der Waals surface area contributed by atoms with Gasteiger partial charge in [0.15, 0.2) is 4.73 Å². The molecule has 0 amide bonds. The summed E-state index contributed by atoms with van der Waals surface area (Å²) in [6.45, 7) is 2.10. The lowest BCUT2D eigenvalue weighted by atomic mass is 10.3. The van der Waals surface area contributed by atoms with Crippen molar-refractivity contribution in [2.75, 3.05) is 0 Å². The molecule has 1 heterocycles. The second-order valence-corrected chi connectivity index (χ2v) is 3.77. The monoisotopic (exact) mass is 250 g/mol. The molecule has 2 nitrogen and oxygen atoms in total. The van der Waals surface area contributed by atoms with Crippen molar-refractivity contribution >= 4 is 15.9 Å². The summed E-state index contributed by atoms with van der Waals surface area (Å²) in [4.78, 5) is 4.39. The van der Waals surface area contributed by atoms with Gasteiger partial charge in [-0.1, -0.05) is 25.1 Å². The van der Waals surface area contributed by atoms with Crippen LogP contribution in [0.2, 0.25) is 0 Å². The van der Waals surface area contributed by atoms with E-state index in [1.165, 1.54) is 0 Å². The molecule has 0 aliphatic carbocycles. The number of halogens is 1. The Labute approximate surface area is 91.7 Å². The largest absolute Gasteiger partial charge is 0.294 e. The summed E-state index contributed by atoms with van der Waals surface area (Å²) in [5.41, 5.74) is 2.23. The number of benzene rings is 1. The normalized spacial score (nSPS) is 10.4. The van der Waals surface area contributed by atoms with Crippen LogP contribution in [0.5, 0.6) is 0 Å². The summed E-state index contributed by atoms with van der Waals surface area (Å²) in [5, 5.41) is 0. The first-order valence-corrected chi connectivity index (χ1v) is 5.39. The highest BCUT2D eigenvalue weighted by atomic mass is 79.9. The maximum atomic E-state index is 4.39. The molecule has 1 aromatic carbocycles. The molecular weight excluding hydrogens is 240 g/mol. The van der Waals surface area contributed by atoms with Crippen LogP contribution >= 0.6 is 15.9 Å². The molecule has 0 saturated carbocycles. The lowest BCUT2D eigenvalue weighted by Crippen LogP contribution is -1.91. The molecule has 0 fully saturated rings. The predicted molar refractivity (Wildman–Crippen MR) is 60.6 cm³/mol. The third-order valence-corrected chi connectivity index (χ3v) is 2.67. The molecule has 0 radical (unpaired) electrons. The van der Waals surface area contributed by atoms with Crippen LogP contribution in [0, 0.1) is 0 Å². The lowest BCUT2D eigenvalue weighted by Gasteiger charge is -2.01. The molecular formula is C11H11BrN2. The fraction of sp³-hybridized carbons (Fsp3) is 0.182. The van der Waals surface area contributed by atoms with Crippen molar-refractivity contribution in [1.82, 2.24) is 9.55 Å². The van der Waals surface area contributed by atoms with E-state index in [0.717, 1.165) is 22.5 Å². The number of nitrogens with zero attached hydrogens (tertiary/aromatic N) is 2. The maximum Gasteiger partial charge on any atom is 0.181 e. The molecule has 0 saturated heterocycles. The van der Waals surface area contributed by atoms with E-state index in [4.69, 9.17) is 0 Å². The molecule has 0 unspecified atom stereocenters. The smallest absolute Gasteiger partial charge is 0.181 e. The quantitative estimate of drug-likeness (QED) is 0.801. The lowest BCUT2D eigenvalue weighted by molar-refractivity contribution is 1.01. The van der Waals surface area contributed by atoms with Gasteiger partial charge in [-0.3, -0.25) is 4.57 Å². The number of imidazole rings is 1. The summed E-state index contributed by atoms with van der Waals surface area (Å²) < 4.78 is 2.90. The standard InChI is InChI=1S/C11H11BrN2/c1-2-9-8-14(11(12)13-9)10-6-4-3-5-7-10/h3-8H,2H2,1H3. The Kier molecular flexibility index (Phi) is 2.68. The Bertz CT molecular complexity index is 420. The second kappa shape index (κ2) is 3.96. The van der Waals surface area contributed by atoms with E-state index in [2.05, 4.69) is 46.2 Å². The number of hydrogen-bond acceptors (Lipinski definition) is 1. The number of hydrogen-bond donors (Lipinski definition) is 0. The Balaban J connectivity index is 2.46. The first kappa shape index (κ1) is 9.46. The molecule has 0 aliphatic rings. The average Bonchev–Trinajstić information content (AvgIpc) is 2.61. The Morgan fingerprint density at radius 2 is 2.00 bits per heavy atom. The topological polar surface area (TPSA) is 17.8 Å². The predicted octanol–water partition coefficient (Wildman–Crippen LogP) is 3.20. The van der Waals surface area contributed by atoms with Gasteiger partial charge < -0.3 is 0 Å². The van der Waals surface area contributed by atoms with Crippen molar-refractivity contribution in [3.05, 3.63) is 47.0 Å². The second-order valence-electron chi connectivity index (χ2n) is 3.06. The molecule has 2 rings (SSSR count). The fourth-order valence-electron chi connectivity index (χ4n) is 1.34. The van der Waals surface area contributed by atoms with E-state index in [0.29, 0.717) is 0 Å². The van der Waals surface area contributed by atoms with E-state index in [1.54, 1.807) is 0 Å². The number of rotatable bonds is 2. The molecule has 72 valence electrons. The first-order valence-electron chi connectivity index (χ1n) is 4.60. The van der Waals surface area contributed by atoms with Crippen molar-refractivity contribution < 1.29 is 0 Å². The zero-order valence-corrected chi connectivity index (χ0v) is 9.53. The Morgan fingerprint density at radius 3 is 2.57 bits per heavy atom. The van der Waals surface area contributed by atoms with Gasteiger partial charge in [-0.2, -0.15) is 0 Å². The Hall–Kier alpha value is -1.09. The third kappa shape index (κ3) is 1.73. The minimum atomic E-state index is 0.862. The van der Waals surface area contributed by atoms with E-state index < -0.39 is 0 Å². The van der Waals surface area contributed by atoms with Gasteiger partial charge >= 0.3 is 0 Å². The van der Waals surface area contributed by atoms with Crippen LogP contribution in [-0.4, -0.2) is 9.55 Å². The number of aromatic nitrogens is 2. The van der Waals surface area contributed by atoms with Crippen LogP contribution in [0.25, 0.3) is 5.69 Å². The summed E-state index contributed by atoms with van der Waals surface area (Å²) in [6, 6.07) is 10.2. The molecule has 0 aliphatic heterocycles. The van der Waals surface area contributed by atoms with Gasteiger partial charge in [-0.15, -0.1) is 0 Å². The summed E-state index contributed by atoms with van der Waals surface area (Å²) in [6.07, 6.45) is 3.01. The van der Waals surface area contributed by atoms with Gasteiger partial charge in [0, 0.05) is 11.9 Å². The molecule has 3 heteroatoms. The molecule has 0 atom stereocenters. The van der Waals surface area contributed by atoms with Crippen molar-refractivity contribution in [2.24, 2.45) is 0 Å². The van der Waals surface area contributed by atoms with Crippen molar-refractivity contribution in [3.63, 3.8) is 0 Å². The van der Waals surface area contributed by atoms with Gasteiger partial charge in [-0.05, 0) is 34.5 Å². The van der Waals surface area contributed by atoms with E-state index in [9.17, 15) is 0 Å². The minimum Gasteiger partial charge on any atom is -0.294 e. The van der Waals surface area contributed by atoms with Gasteiger partial charge in [-0.25, -0.2) is 4.98 Å². The van der Waals surface area contributed by atoms with Crippen LogP contribution in [0.4, 0.5) is 0 Å². The summed E-state index contributed by atoms with van der Waals surface area (Å²) in [5.74, 6) is 0. The summed E-state index contributed by atoms with van der Waals surface area (Å²) in [7, 11) is 0. The fourth-order valence-corrected chi connectivity index (χ4v) is 1.88. The van der Waals surface area contributed by atoms with Crippen LogP contribution in [0.3, 0.4) is 0 Å². The highest BCUT2D eigenvalue weighted by Crippen LogP contribution is 2.17. The number of aryl methyl sites for hydroxylation is 1. The first-order chi connectivity index (χ1) is 6.81. The van der Waals surface area contributed by atoms with E-state index in [1.807, 2.05) is 22.8 Å². The van der Waals surface area contributed by atoms with E-state index in [-0.39, 0.29) is 0 Å². The number of para-hydroxylation sites is 1. The highest BCUT2D eigenvalue weighted by molar-refractivity contribution is 9.10. The molecule has 0 N–H and O–H groups in total. The SMILES string of the molecule is CCc1cn(-c2ccccc2)c(Br)n1. The maximum absolute atomic E-state index is 4.39. The van der Waals surface area contributed by atoms with E-state index >= 15 is 0 Å². The van der Waals surface area contributed by atoms with Crippen LogP contribution in [0.15, 0.2) is 41.3 Å². The summed E-state index contributed by atoms with van der Waals surface area (Å²) >= 11 is 3.45. The van der Waals surface area contributed by atoms with Gasteiger partial charge in [0.2, 0.25) is 0 Å². The van der Waals surface area contributed by atoms with Gasteiger partial charge in [0.1, 0.15) is 0 Å². The van der Waals surface area contributed by atoms with Crippen molar-refractivity contribution in [1.29, 1.82) is 0 Å². The average molecular weight is 251 g/mol. The molecule has 2 aromatic rings. The Morgan fingerprint density at radius 1 is 1.29 bits per heavy atom. The van der Waals surface area contributed by atoms with Crippen LogP contribution in [-0.2, 0) is 6.42 Å². The van der Waals surface area contributed by atoms with Gasteiger partial charge in [0.05, 0.1) is 5.69 Å². The molecule has 1 aromatic heterocycles. The zero-order chi connectivity index (χ0) is 9.97. The van der Waals surface area contributed by atoms with Crippen molar-refractivity contribution in [3.8, 4) is 5.69 Å². The molecule has 0 bridgehead atoms. The zero-order valence-electron chi connectivity index (χ0n) is 7.94.